The number of anilines is 1. The van der Waals surface area contributed by atoms with Crippen molar-refractivity contribution < 1.29 is 9.21 Å². The minimum absolute atomic E-state index is 0.276. The summed E-state index contributed by atoms with van der Waals surface area (Å²) in [6.07, 6.45) is 4.89. The lowest BCUT2D eigenvalue weighted by Crippen LogP contribution is -2.07. The number of aromatic nitrogens is 3. The van der Waals surface area contributed by atoms with Crippen LogP contribution in [-0.4, -0.2) is 20.3 Å². The molecule has 4 rings (SSSR count). The van der Waals surface area contributed by atoms with Crippen LogP contribution in [0.5, 0.6) is 0 Å². The summed E-state index contributed by atoms with van der Waals surface area (Å²) < 4.78 is 7.23. The topological polar surface area (TPSA) is 72.4 Å². The average Bonchev–Trinajstić information content (AvgIpc) is 3.10. The molecule has 7 heteroatoms. The Morgan fingerprint density at radius 2 is 2.16 bits per heavy atom. The minimum Gasteiger partial charge on any atom is -0.441 e. The summed E-state index contributed by atoms with van der Waals surface area (Å²) in [6, 6.07) is 10.9. The second-order valence-electron chi connectivity index (χ2n) is 5.45. The van der Waals surface area contributed by atoms with Crippen molar-refractivity contribution in [3.05, 3.63) is 65.4 Å². The van der Waals surface area contributed by atoms with E-state index < -0.39 is 0 Å². The third kappa shape index (κ3) is 2.99. The van der Waals surface area contributed by atoms with Crippen LogP contribution in [0.15, 0.2) is 53.1 Å². The summed E-state index contributed by atoms with van der Waals surface area (Å²) in [4.78, 5) is 20.7. The molecule has 3 aromatic heterocycles. The number of oxazole rings is 1. The van der Waals surface area contributed by atoms with E-state index in [1.54, 1.807) is 31.2 Å². The number of benzene rings is 1. The molecule has 1 amide bonds. The SMILES string of the molecule is Cc1nc2cc(NC(=O)/C=C/c3c(Cl)nc4ccccn34)ccc2o1. The van der Waals surface area contributed by atoms with Gasteiger partial charge < -0.3 is 9.73 Å². The van der Waals surface area contributed by atoms with E-state index in [1.165, 1.54) is 6.08 Å². The van der Waals surface area contributed by atoms with Gasteiger partial charge in [0.15, 0.2) is 16.6 Å². The molecular formula is C18H13ClN4O2. The predicted molar refractivity (Wildman–Crippen MR) is 96.6 cm³/mol. The highest BCUT2D eigenvalue weighted by Crippen LogP contribution is 2.21. The number of pyridine rings is 1. The van der Waals surface area contributed by atoms with Crippen molar-refractivity contribution in [1.82, 2.24) is 14.4 Å². The summed E-state index contributed by atoms with van der Waals surface area (Å²) in [6.45, 7) is 1.78. The zero-order valence-corrected chi connectivity index (χ0v) is 14.0. The highest BCUT2D eigenvalue weighted by Gasteiger charge is 2.08. The first-order valence-electron chi connectivity index (χ1n) is 7.59. The van der Waals surface area contributed by atoms with Crippen LogP contribution in [0.1, 0.15) is 11.6 Å². The molecule has 0 fully saturated rings. The van der Waals surface area contributed by atoms with Gasteiger partial charge in [0, 0.05) is 24.9 Å². The summed E-state index contributed by atoms with van der Waals surface area (Å²) in [5.74, 6) is 0.308. The number of aryl methyl sites for hydroxylation is 1. The molecule has 0 spiro atoms. The van der Waals surface area contributed by atoms with E-state index in [0.29, 0.717) is 33.5 Å². The number of imidazole rings is 1. The molecule has 0 radical (unpaired) electrons. The number of nitrogens with one attached hydrogen (secondary N) is 1. The van der Waals surface area contributed by atoms with Gasteiger partial charge in [0.25, 0.3) is 0 Å². The quantitative estimate of drug-likeness (QED) is 0.564. The molecule has 4 aromatic rings. The Hall–Kier alpha value is -3.12. The fourth-order valence-electron chi connectivity index (χ4n) is 2.59. The van der Waals surface area contributed by atoms with Crippen molar-refractivity contribution in [3.63, 3.8) is 0 Å². The van der Waals surface area contributed by atoms with E-state index in [0.717, 1.165) is 5.65 Å². The van der Waals surface area contributed by atoms with Crippen molar-refractivity contribution in [3.8, 4) is 0 Å². The first-order valence-corrected chi connectivity index (χ1v) is 7.97. The number of hydrogen-bond acceptors (Lipinski definition) is 4. The Morgan fingerprint density at radius 1 is 1.28 bits per heavy atom. The van der Waals surface area contributed by atoms with E-state index in [4.69, 9.17) is 16.0 Å². The van der Waals surface area contributed by atoms with E-state index in [2.05, 4.69) is 15.3 Å². The maximum atomic E-state index is 12.2. The van der Waals surface area contributed by atoms with Gasteiger partial charge in [-0.1, -0.05) is 17.7 Å². The highest BCUT2D eigenvalue weighted by atomic mass is 35.5. The molecule has 3 heterocycles. The molecule has 6 nitrogen and oxygen atoms in total. The fourth-order valence-corrected chi connectivity index (χ4v) is 2.83. The number of carbonyl (C=O) groups excluding carboxylic acids is 1. The second-order valence-corrected chi connectivity index (χ2v) is 5.81. The lowest BCUT2D eigenvalue weighted by molar-refractivity contribution is -0.111. The van der Waals surface area contributed by atoms with E-state index in [9.17, 15) is 4.79 Å². The summed E-state index contributed by atoms with van der Waals surface area (Å²) >= 11 is 6.15. The highest BCUT2D eigenvalue weighted by molar-refractivity contribution is 6.31. The summed E-state index contributed by atoms with van der Waals surface area (Å²) in [5.41, 5.74) is 3.39. The van der Waals surface area contributed by atoms with Crippen molar-refractivity contribution >= 4 is 46.0 Å². The zero-order chi connectivity index (χ0) is 17.4. The number of hydrogen-bond donors (Lipinski definition) is 1. The molecule has 0 atom stereocenters. The van der Waals surface area contributed by atoms with Crippen molar-refractivity contribution in [2.24, 2.45) is 0 Å². The molecule has 0 aliphatic heterocycles. The molecule has 0 aliphatic carbocycles. The van der Waals surface area contributed by atoms with Crippen LogP contribution in [0.4, 0.5) is 5.69 Å². The number of amides is 1. The molecular weight excluding hydrogens is 340 g/mol. The molecule has 1 aromatic carbocycles. The van der Waals surface area contributed by atoms with Gasteiger partial charge in [-0.3, -0.25) is 9.20 Å². The Kier molecular flexibility index (Phi) is 3.74. The maximum absolute atomic E-state index is 12.2. The molecule has 0 saturated carbocycles. The van der Waals surface area contributed by atoms with Crippen molar-refractivity contribution in [2.75, 3.05) is 5.32 Å². The van der Waals surface area contributed by atoms with Gasteiger partial charge in [-0.15, -0.1) is 0 Å². The number of carbonyl (C=O) groups is 1. The van der Waals surface area contributed by atoms with Crippen LogP contribution in [0.2, 0.25) is 5.15 Å². The van der Waals surface area contributed by atoms with Crippen molar-refractivity contribution in [2.45, 2.75) is 6.92 Å². The van der Waals surface area contributed by atoms with Crippen LogP contribution in [0.3, 0.4) is 0 Å². The smallest absolute Gasteiger partial charge is 0.248 e. The normalized spacial score (nSPS) is 11.6. The first-order chi connectivity index (χ1) is 12.1. The van der Waals surface area contributed by atoms with Gasteiger partial charge in [-0.2, -0.15) is 0 Å². The second kappa shape index (κ2) is 6.07. The van der Waals surface area contributed by atoms with E-state index in [1.807, 2.05) is 28.8 Å². The van der Waals surface area contributed by atoms with E-state index in [-0.39, 0.29) is 5.91 Å². The van der Waals surface area contributed by atoms with Crippen LogP contribution >= 0.6 is 11.6 Å². The van der Waals surface area contributed by atoms with Gasteiger partial charge in [0.05, 0.1) is 5.69 Å². The van der Waals surface area contributed by atoms with Crippen LogP contribution in [0.25, 0.3) is 22.8 Å². The first kappa shape index (κ1) is 15.4. The third-order valence-corrected chi connectivity index (χ3v) is 3.95. The van der Waals surface area contributed by atoms with Crippen molar-refractivity contribution in [1.29, 1.82) is 0 Å². The van der Waals surface area contributed by atoms with Crippen LogP contribution < -0.4 is 5.32 Å². The summed E-state index contributed by atoms with van der Waals surface area (Å²) in [5, 5.41) is 3.14. The Labute approximate surface area is 147 Å². The van der Waals surface area contributed by atoms with Crippen LogP contribution in [-0.2, 0) is 4.79 Å². The third-order valence-electron chi connectivity index (χ3n) is 3.68. The number of halogens is 1. The lowest BCUT2D eigenvalue weighted by Gasteiger charge is -2.01. The molecule has 25 heavy (non-hydrogen) atoms. The average molecular weight is 353 g/mol. The minimum atomic E-state index is -0.276. The fraction of sp³-hybridized carbons (Fsp3) is 0.0556. The van der Waals surface area contributed by atoms with Crippen LogP contribution in [0, 0.1) is 6.92 Å². The Bertz CT molecular complexity index is 1130. The van der Waals surface area contributed by atoms with Gasteiger partial charge >= 0.3 is 0 Å². The molecule has 0 aliphatic rings. The standard InChI is InChI=1S/C18H13ClN4O2/c1-11-20-13-10-12(5-7-15(13)25-11)21-17(24)8-6-14-18(19)22-16-4-2-3-9-23(14)16/h2-10H,1H3,(H,21,24)/b8-6+. The Balaban J connectivity index is 1.56. The predicted octanol–water partition coefficient (Wildman–Crippen LogP) is 4.09. The monoisotopic (exact) mass is 352 g/mol. The summed E-state index contributed by atoms with van der Waals surface area (Å²) in [7, 11) is 0. The lowest BCUT2D eigenvalue weighted by atomic mass is 10.3. The molecule has 0 unspecified atom stereocenters. The van der Waals surface area contributed by atoms with E-state index >= 15 is 0 Å². The molecule has 0 saturated heterocycles. The zero-order valence-electron chi connectivity index (χ0n) is 13.2. The number of fused-ring (bicyclic) bond motifs is 2. The largest absolute Gasteiger partial charge is 0.441 e. The molecule has 0 bridgehead atoms. The number of rotatable bonds is 3. The number of nitrogens with zero attached hydrogens (tertiary/aromatic N) is 3. The van der Waals surface area contributed by atoms with Gasteiger partial charge in [0.2, 0.25) is 5.91 Å². The van der Waals surface area contributed by atoms with Gasteiger partial charge in [-0.25, -0.2) is 9.97 Å². The maximum Gasteiger partial charge on any atom is 0.248 e. The Morgan fingerprint density at radius 3 is 3.04 bits per heavy atom. The molecule has 1 N–H and O–H groups in total. The molecule has 124 valence electrons. The van der Waals surface area contributed by atoms with Gasteiger partial charge in [-0.05, 0) is 36.4 Å². The van der Waals surface area contributed by atoms with Gasteiger partial charge in [0.1, 0.15) is 11.2 Å².